The van der Waals surface area contributed by atoms with Gasteiger partial charge in [0.1, 0.15) is 11.2 Å². The molecule has 0 N–H and O–H groups in total. The Balaban J connectivity index is 4.30. The highest BCUT2D eigenvalue weighted by Gasteiger charge is 2.32. The molecule has 2 nitrogen and oxygen atoms in total. The molecule has 0 saturated carbocycles. The highest BCUT2D eigenvalue weighted by molar-refractivity contribution is 5.78. The van der Waals surface area contributed by atoms with Gasteiger partial charge in [-0.3, -0.25) is 4.79 Å². The van der Waals surface area contributed by atoms with Crippen molar-refractivity contribution in [2.24, 2.45) is 5.41 Å². The lowest BCUT2D eigenvalue weighted by molar-refractivity contribution is -0.152. The molecule has 0 amide bonds. The molecule has 0 rings (SSSR count). The summed E-state index contributed by atoms with van der Waals surface area (Å²) in [7, 11) is 0. The Morgan fingerprint density at radius 1 is 1.64 bits per heavy atom. The molecule has 0 atom stereocenters. The van der Waals surface area contributed by atoms with E-state index in [1.165, 1.54) is 13.8 Å². The number of halogens is 1. The molecule has 0 aliphatic rings. The molecular weight excluding hydrogens is 147 g/mol. The molecule has 0 spiro atoms. The van der Waals surface area contributed by atoms with E-state index >= 15 is 0 Å². The molecule has 11 heavy (non-hydrogen) atoms. The first-order valence-electron chi connectivity index (χ1n) is 3.45. The zero-order valence-corrected chi connectivity index (χ0v) is 7.11. The summed E-state index contributed by atoms with van der Waals surface area (Å²) < 4.78 is 17.2. The van der Waals surface area contributed by atoms with Crippen LogP contribution in [-0.4, -0.2) is 12.6 Å². The van der Waals surface area contributed by atoms with Gasteiger partial charge in [-0.15, -0.1) is 0 Å². The Hall–Kier alpha value is -0.860. The summed E-state index contributed by atoms with van der Waals surface area (Å²) >= 11 is 0. The standard InChI is InChI=1S/C8H13FO2/c1-5-11-7(10)8(3,4)6(2)9/h2,5H2,1,3-4H3. The number of ether oxygens (including phenoxy) is 1. The minimum Gasteiger partial charge on any atom is -0.465 e. The number of hydrogen-bond donors (Lipinski definition) is 0. The van der Waals surface area contributed by atoms with E-state index in [1.54, 1.807) is 6.92 Å². The Labute approximate surface area is 66.0 Å². The molecular formula is C8H13FO2. The second-order valence-electron chi connectivity index (χ2n) is 2.75. The fourth-order valence-electron chi connectivity index (χ4n) is 0.422. The van der Waals surface area contributed by atoms with Gasteiger partial charge in [-0.05, 0) is 20.8 Å². The average molecular weight is 160 g/mol. The summed E-state index contributed by atoms with van der Waals surface area (Å²) in [6.45, 7) is 7.87. The van der Waals surface area contributed by atoms with Gasteiger partial charge in [0, 0.05) is 0 Å². The van der Waals surface area contributed by atoms with E-state index in [-0.39, 0.29) is 6.61 Å². The van der Waals surface area contributed by atoms with Gasteiger partial charge in [0.05, 0.1) is 6.61 Å². The maximum absolute atomic E-state index is 12.6. The van der Waals surface area contributed by atoms with E-state index in [0.29, 0.717) is 0 Å². The van der Waals surface area contributed by atoms with Crippen LogP contribution in [0.5, 0.6) is 0 Å². The van der Waals surface area contributed by atoms with E-state index in [2.05, 4.69) is 11.3 Å². The quantitative estimate of drug-likeness (QED) is 0.591. The number of carbonyl (C=O) groups excluding carboxylic acids is 1. The zero-order valence-electron chi connectivity index (χ0n) is 7.11. The molecule has 0 unspecified atom stereocenters. The fraction of sp³-hybridized carbons (Fsp3) is 0.625. The molecule has 0 aliphatic carbocycles. The van der Waals surface area contributed by atoms with Crippen LogP contribution in [0.1, 0.15) is 20.8 Å². The molecule has 0 aromatic heterocycles. The van der Waals surface area contributed by atoms with Crippen LogP contribution in [0.3, 0.4) is 0 Å². The first-order valence-corrected chi connectivity index (χ1v) is 3.45. The molecule has 3 heteroatoms. The summed E-state index contributed by atoms with van der Waals surface area (Å²) in [4.78, 5) is 11.0. The second kappa shape index (κ2) is 3.51. The topological polar surface area (TPSA) is 26.3 Å². The van der Waals surface area contributed by atoms with Crippen molar-refractivity contribution in [1.29, 1.82) is 0 Å². The monoisotopic (exact) mass is 160 g/mol. The lowest BCUT2D eigenvalue weighted by Gasteiger charge is -2.18. The smallest absolute Gasteiger partial charge is 0.318 e. The Morgan fingerprint density at radius 3 is 2.36 bits per heavy atom. The first kappa shape index (κ1) is 10.1. The SMILES string of the molecule is C=C(F)C(C)(C)C(=O)OCC. The lowest BCUT2D eigenvalue weighted by Crippen LogP contribution is -2.26. The third-order valence-corrected chi connectivity index (χ3v) is 1.46. The molecule has 0 aromatic carbocycles. The molecule has 0 radical (unpaired) electrons. The summed E-state index contributed by atoms with van der Waals surface area (Å²) in [6, 6.07) is 0. The van der Waals surface area contributed by atoms with Gasteiger partial charge in [-0.1, -0.05) is 6.58 Å². The van der Waals surface area contributed by atoms with Crippen LogP contribution in [-0.2, 0) is 9.53 Å². The number of rotatable bonds is 3. The molecule has 0 aliphatic heterocycles. The van der Waals surface area contributed by atoms with Crippen molar-refractivity contribution in [3.63, 3.8) is 0 Å². The molecule has 0 fully saturated rings. The normalized spacial score (nSPS) is 10.9. The Bertz CT molecular complexity index is 173. The van der Waals surface area contributed by atoms with E-state index in [1.807, 2.05) is 0 Å². The fourth-order valence-corrected chi connectivity index (χ4v) is 0.422. The van der Waals surface area contributed by atoms with Gasteiger partial charge in [0.25, 0.3) is 0 Å². The summed E-state index contributed by atoms with van der Waals surface area (Å²) in [5.41, 5.74) is -1.21. The van der Waals surface area contributed by atoms with E-state index < -0.39 is 17.2 Å². The molecule has 64 valence electrons. The summed E-state index contributed by atoms with van der Waals surface area (Å²) in [5, 5.41) is 0. The van der Waals surface area contributed by atoms with Crippen molar-refractivity contribution in [1.82, 2.24) is 0 Å². The van der Waals surface area contributed by atoms with Gasteiger partial charge in [0.15, 0.2) is 0 Å². The zero-order chi connectivity index (χ0) is 9.07. The van der Waals surface area contributed by atoms with Gasteiger partial charge < -0.3 is 4.74 Å². The Morgan fingerprint density at radius 2 is 2.09 bits per heavy atom. The Kier molecular flexibility index (Phi) is 3.23. The number of carbonyl (C=O) groups is 1. The van der Waals surface area contributed by atoms with Gasteiger partial charge >= 0.3 is 5.97 Å². The number of hydrogen-bond acceptors (Lipinski definition) is 2. The largest absolute Gasteiger partial charge is 0.465 e. The predicted octanol–water partition coefficient (Wildman–Crippen LogP) is 2.06. The third kappa shape index (κ3) is 2.33. The van der Waals surface area contributed by atoms with Crippen LogP contribution in [0.4, 0.5) is 4.39 Å². The van der Waals surface area contributed by atoms with Gasteiger partial charge in [-0.2, -0.15) is 0 Å². The van der Waals surface area contributed by atoms with Crippen LogP contribution in [0, 0.1) is 5.41 Å². The summed E-state index contributed by atoms with van der Waals surface area (Å²) in [6.07, 6.45) is 0. The predicted molar refractivity (Wildman–Crippen MR) is 40.7 cm³/mol. The minimum absolute atomic E-state index is 0.259. The van der Waals surface area contributed by atoms with Crippen molar-refractivity contribution in [3.05, 3.63) is 12.4 Å². The molecule has 0 bridgehead atoms. The van der Waals surface area contributed by atoms with Crippen molar-refractivity contribution in [2.75, 3.05) is 6.61 Å². The maximum Gasteiger partial charge on any atom is 0.318 e. The minimum atomic E-state index is -1.21. The third-order valence-electron chi connectivity index (χ3n) is 1.46. The van der Waals surface area contributed by atoms with E-state index in [9.17, 15) is 9.18 Å². The van der Waals surface area contributed by atoms with E-state index in [0.717, 1.165) is 0 Å². The number of esters is 1. The molecule has 0 saturated heterocycles. The maximum atomic E-state index is 12.6. The molecule has 0 heterocycles. The van der Waals surface area contributed by atoms with Crippen LogP contribution in [0.15, 0.2) is 12.4 Å². The van der Waals surface area contributed by atoms with Crippen molar-refractivity contribution < 1.29 is 13.9 Å². The average Bonchev–Trinajstić information content (AvgIpc) is 1.88. The van der Waals surface area contributed by atoms with Crippen LogP contribution >= 0.6 is 0 Å². The van der Waals surface area contributed by atoms with Crippen molar-refractivity contribution in [2.45, 2.75) is 20.8 Å². The molecule has 0 aromatic rings. The highest BCUT2D eigenvalue weighted by atomic mass is 19.1. The second-order valence-corrected chi connectivity index (χ2v) is 2.75. The van der Waals surface area contributed by atoms with Crippen molar-refractivity contribution in [3.8, 4) is 0 Å². The van der Waals surface area contributed by atoms with Crippen LogP contribution in [0.25, 0.3) is 0 Å². The van der Waals surface area contributed by atoms with Crippen LogP contribution < -0.4 is 0 Å². The first-order chi connectivity index (χ1) is 4.92. The highest BCUT2D eigenvalue weighted by Crippen LogP contribution is 2.27. The van der Waals surface area contributed by atoms with Crippen molar-refractivity contribution >= 4 is 5.97 Å². The van der Waals surface area contributed by atoms with Crippen LogP contribution in [0.2, 0.25) is 0 Å². The van der Waals surface area contributed by atoms with Gasteiger partial charge in [0.2, 0.25) is 0 Å². The summed E-state index contributed by atoms with van der Waals surface area (Å²) in [5.74, 6) is -1.25. The lowest BCUT2D eigenvalue weighted by atomic mass is 9.93. The van der Waals surface area contributed by atoms with Gasteiger partial charge in [-0.25, -0.2) is 4.39 Å². The van der Waals surface area contributed by atoms with E-state index in [4.69, 9.17) is 0 Å².